The van der Waals surface area contributed by atoms with Gasteiger partial charge in [-0.25, -0.2) is 0 Å². The number of hydrogen-bond donors (Lipinski definition) is 1. The van der Waals surface area contributed by atoms with Crippen LogP contribution in [0.4, 0.5) is 0 Å². The molecule has 0 aromatic carbocycles. The monoisotopic (exact) mass is 318 g/mol. The molecule has 1 N–H and O–H groups in total. The first-order chi connectivity index (χ1) is 11.1. The maximum atomic E-state index is 11.1. The molecular weight excluding hydrogens is 288 g/mol. The Kier molecular flexibility index (Phi) is 4.20. The molecule has 0 amide bonds. The smallest absolute Gasteiger partial charge is 0.0900 e. The number of aryl methyl sites for hydroxylation is 1. The van der Waals surface area contributed by atoms with Crippen molar-refractivity contribution in [2.45, 2.75) is 56.6 Å². The number of likely N-dealkylation sites (tertiary alicyclic amines) is 2. The van der Waals surface area contributed by atoms with Crippen molar-refractivity contribution < 1.29 is 5.11 Å². The molecule has 4 rings (SSSR count). The van der Waals surface area contributed by atoms with Crippen LogP contribution in [0.3, 0.4) is 0 Å². The van der Waals surface area contributed by atoms with Crippen molar-refractivity contribution in [3.63, 3.8) is 0 Å². The van der Waals surface area contributed by atoms with E-state index in [2.05, 4.69) is 26.6 Å². The molecule has 128 valence electrons. The Bertz CT molecular complexity index is 547. The second-order valence-electron chi connectivity index (χ2n) is 7.97. The van der Waals surface area contributed by atoms with E-state index in [9.17, 15) is 5.11 Å². The van der Waals surface area contributed by atoms with Gasteiger partial charge in [-0.2, -0.15) is 5.10 Å². The molecule has 3 fully saturated rings. The number of aromatic nitrogens is 2. The van der Waals surface area contributed by atoms with Crippen LogP contribution in [0, 0.1) is 0 Å². The summed E-state index contributed by atoms with van der Waals surface area (Å²) in [5.74, 6) is 0.728. The summed E-state index contributed by atoms with van der Waals surface area (Å²) in [5.41, 5.74) is 2.28. The van der Waals surface area contributed by atoms with Crippen LogP contribution in [0.25, 0.3) is 0 Å². The van der Waals surface area contributed by atoms with Gasteiger partial charge in [-0.3, -0.25) is 9.58 Å². The van der Waals surface area contributed by atoms with E-state index in [1.165, 1.54) is 36.9 Å². The molecule has 0 bridgehead atoms. The molecule has 1 saturated carbocycles. The lowest BCUT2D eigenvalue weighted by Gasteiger charge is -2.41. The molecule has 5 nitrogen and oxygen atoms in total. The lowest BCUT2D eigenvalue weighted by atomic mass is 9.92. The molecular formula is C18H30N4O. The third-order valence-electron chi connectivity index (χ3n) is 5.77. The van der Waals surface area contributed by atoms with Gasteiger partial charge in [-0.05, 0) is 58.2 Å². The van der Waals surface area contributed by atoms with Crippen LogP contribution in [0.15, 0.2) is 6.20 Å². The van der Waals surface area contributed by atoms with Gasteiger partial charge in [-0.1, -0.05) is 0 Å². The van der Waals surface area contributed by atoms with Gasteiger partial charge in [0.25, 0.3) is 0 Å². The molecule has 1 aromatic rings. The van der Waals surface area contributed by atoms with Crippen molar-refractivity contribution >= 4 is 0 Å². The highest BCUT2D eigenvalue weighted by Gasteiger charge is 2.36. The number of rotatable bonds is 5. The maximum absolute atomic E-state index is 11.1. The Morgan fingerprint density at radius 1 is 1.17 bits per heavy atom. The van der Waals surface area contributed by atoms with E-state index in [0.29, 0.717) is 0 Å². The fourth-order valence-corrected chi connectivity index (χ4v) is 4.57. The Hall–Kier alpha value is -0.910. The average molecular weight is 318 g/mol. The summed E-state index contributed by atoms with van der Waals surface area (Å²) in [6.07, 6.45) is 9.30. The van der Waals surface area contributed by atoms with E-state index in [1.807, 2.05) is 6.20 Å². The van der Waals surface area contributed by atoms with Gasteiger partial charge in [0.2, 0.25) is 0 Å². The topological polar surface area (TPSA) is 44.5 Å². The minimum absolute atomic E-state index is 0.523. The highest BCUT2D eigenvalue weighted by molar-refractivity contribution is 5.25. The molecule has 0 unspecified atom stereocenters. The molecule has 3 aliphatic rings. The van der Waals surface area contributed by atoms with Gasteiger partial charge in [-0.15, -0.1) is 0 Å². The van der Waals surface area contributed by atoms with E-state index in [1.54, 1.807) is 0 Å². The van der Waals surface area contributed by atoms with Crippen molar-refractivity contribution in [3.05, 3.63) is 17.5 Å². The summed E-state index contributed by atoms with van der Waals surface area (Å²) in [5, 5.41) is 15.6. The first-order valence-electron chi connectivity index (χ1n) is 9.31. The number of nitrogens with zero attached hydrogens (tertiary/aromatic N) is 4. The molecule has 2 aliphatic heterocycles. The third-order valence-corrected chi connectivity index (χ3v) is 5.77. The maximum Gasteiger partial charge on any atom is 0.0900 e. The zero-order valence-electron chi connectivity index (χ0n) is 14.4. The van der Waals surface area contributed by atoms with Gasteiger partial charge in [0.05, 0.1) is 11.8 Å². The van der Waals surface area contributed by atoms with Crippen LogP contribution < -0.4 is 0 Å². The van der Waals surface area contributed by atoms with Crippen LogP contribution in [0.5, 0.6) is 0 Å². The van der Waals surface area contributed by atoms with Crippen LogP contribution in [0.1, 0.15) is 55.7 Å². The van der Waals surface area contributed by atoms with E-state index in [0.717, 1.165) is 58.0 Å². The van der Waals surface area contributed by atoms with E-state index < -0.39 is 5.60 Å². The molecule has 5 heteroatoms. The molecule has 23 heavy (non-hydrogen) atoms. The fourth-order valence-electron chi connectivity index (χ4n) is 4.57. The Morgan fingerprint density at radius 3 is 2.65 bits per heavy atom. The predicted octanol–water partition coefficient (Wildman–Crippen LogP) is 1.72. The van der Waals surface area contributed by atoms with Crippen LogP contribution in [-0.2, 0) is 13.6 Å². The summed E-state index contributed by atoms with van der Waals surface area (Å²) in [4.78, 5) is 4.89. The van der Waals surface area contributed by atoms with Gasteiger partial charge >= 0.3 is 0 Å². The predicted molar refractivity (Wildman–Crippen MR) is 90.3 cm³/mol. The lowest BCUT2D eigenvalue weighted by molar-refractivity contribution is -0.0519. The molecule has 2 saturated heterocycles. The van der Waals surface area contributed by atoms with Crippen LogP contribution >= 0.6 is 0 Å². The minimum Gasteiger partial charge on any atom is -0.387 e. The van der Waals surface area contributed by atoms with Gasteiger partial charge < -0.3 is 10.0 Å². The zero-order chi connectivity index (χ0) is 15.9. The van der Waals surface area contributed by atoms with E-state index in [4.69, 9.17) is 0 Å². The van der Waals surface area contributed by atoms with Gasteiger partial charge in [0.1, 0.15) is 0 Å². The van der Waals surface area contributed by atoms with E-state index in [-0.39, 0.29) is 0 Å². The highest BCUT2D eigenvalue weighted by atomic mass is 16.3. The quantitative estimate of drug-likeness (QED) is 0.898. The third kappa shape index (κ3) is 3.47. The van der Waals surface area contributed by atoms with Gasteiger partial charge in [0, 0.05) is 43.9 Å². The summed E-state index contributed by atoms with van der Waals surface area (Å²) in [6, 6.07) is 0. The van der Waals surface area contributed by atoms with Crippen molar-refractivity contribution in [2.24, 2.45) is 7.05 Å². The summed E-state index contributed by atoms with van der Waals surface area (Å²) < 4.78 is 2.06. The van der Waals surface area contributed by atoms with Crippen LogP contribution in [-0.4, -0.2) is 63.0 Å². The summed E-state index contributed by atoms with van der Waals surface area (Å²) in [7, 11) is 2.07. The Morgan fingerprint density at radius 2 is 1.91 bits per heavy atom. The molecule has 0 spiro atoms. The largest absolute Gasteiger partial charge is 0.387 e. The molecule has 1 aromatic heterocycles. The fraction of sp³-hybridized carbons (Fsp3) is 0.833. The average Bonchev–Trinajstić information content (AvgIpc) is 3.09. The van der Waals surface area contributed by atoms with Crippen molar-refractivity contribution in [1.29, 1.82) is 0 Å². The summed E-state index contributed by atoms with van der Waals surface area (Å²) in [6.45, 7) is 6.03. The Labute approximate surface area is 139 Å². The highest BCUT2D eigenvalue weighted by Crippen LogP contribution is 2.41. The standard InChI is InChI=1S/C18H30N4O/c1-20-17(15-5-6-15)16(11-19-20)12-22-10-4-7-18(23,14-22)13-21-8-2-3-9-21/h11,15,23H,2-10,12-14H2,1H3/t18-/m1/s1. The Balaban J connectivity index is 1.41. The minimum atomic E-state index is -0.523. The SMILES string of the molecule is Cn1ncc(CN2CCC[C@@](O)(CN3CCCC3)C2)c1C1CC1. The second kappa shape index (κ2) is 6.19. The first kappa shape index (κ1) is 15.6. The molecule has 0 radical (unpaired) electrons. The number of piperidine rings is 1. The lowest BCUT2D eigenvalue weighted by Crippen LogP contribution is -2.53. The zero-order valence-corrected chi connectivity index (χ0v) is 14.4. The number of hydrogen-bond acceptors (Lipinski definition) is 4. The number of aliphatic hydroxyl groups is 1. The molecule has 3 heterocycles. The number of β-amino-alcohol motifs (C(OH)–C–C–N with tert-alkyl or cyclic N) is 1. The van der Waals surface area contributed by atoms with E-state index >= 15 is 0 Å². The summed E-state index contributed by atoms with van der Waals surface area (Å²) >= 11 is 0. The van der Waals surface area contributed by atoms with Crippen molar-refractivity contribution in [1.82, 2.24) is 19.6 Å². The van der Waals surface area contributed by atoms with Crippen molar-refractivity contribution in [2.75, 3.05) is 32.7 Å². The second-order valence-corrected chi connectivity index (χ2v) is 7.97. The first-order valence-corrected chi connectivity index (χ1v) is 9.31. The van der Waals surface area contributed by atoms with Crippen LogP contribution in [0.2, 0.25) is 0 Å². The molecule has 1 aliphatic carbocycles. The normalized spacial score (nSPS) is 30.2. The van der Waals surface area contributed by atoms with Crippen molar-refractivity contribution in [3.8, 4) is 0 Å². The van der Waals surface area contributed by atoms with Gasteiger partial charge in [0.15, 0.2) is 0 Å². The molecule has 1 atom stereocenters.